The van der Waals surface area contributed by atoms with Crippen LogP contribution >= 0.6 is 0 Å². The van der Waals surface area contributed by atoms with Crippen LogP contribution in [0.25, 0.3) is 0 Å². The third-order valence-corrected chi connectivity index (χ3v) is 5.81. The Morgan fingerprint density at radius 1 is 1.32 bits per heavy atom. The van der Waals surface area contributed by atoms with Gasteiger partial charge in [-0.2, -0.15) is 0 Å². The molecule has 1 aromatic carbocycles. The minimum absolute atomic E-state index is 0.0434. The number of hydrogen-bond donors (Lipinski definition) is 1. The molecule has 0 radical (unpaired) electrons. The molecule has 1 unspecified atom stereocenters. The summed E-state index contributed by atoms with van der Waals surface area (Å²) in [4.78, 5) is 42.2. The summed E-state index contributed by atoms with van der Waals surface area (Å²) in [6.45, 7) is 7.39. The molecule has 1 spiro atoms. The zero-order valence-electron chi connectivity index (χ0n) is 17.6. The van der Waals surface area contributed by atoms with E-state index in [0.29, 0.717) is 16.9 Å². The summed E-state index contributed by atoms with van der Waals surface area (Å²) in [5.41, 5.74) is 5.49. The molecule has 3 heterocycles. The van der Waals surface area contributed by atoms with Crippen LogP contribution in [0.2, 0.25) is 0 Å². The molecule has 4 rings (SSSR count). The summed E-state index contributed by atoms with van der Waals surface area (Å²) >= 11 is 0. The SMILES string of the molecule is C=CCN1C(=O)C2(C(C(=O)OCC)=C(N)Oc3cc(C)n(C)c(=O)c32)c2ccccc21. The molecule has 31 heavy (non-hydrogen) atoms. The topological polar surface area (TPSA) is 104 Å². The van der Waals surface area contributed by atoms with Gasteiger partial charge >= 0.3 is 5.97 Å². The van der Waals surface area contributed by atoms with E-state index in [1.165, 1.54) is 9.47 Å². The number of aromatic nitrogens is 1. The Morgan fingerprint density at radius 3 is 2.71 bits per heavy atom. The van der Waals surface area contributed by atoms with Crippen molar-refractivity contribution in [2.24, 2.45) is 12.8 Å². The maximum Gasteiger partial charge on any atom is 0.341 e. The van der Waals surface area contributed by atoms with Crippen molar-refractivity contribution in [3.05, 3.63) is 81.6 Å². The predicted octanol–water partition coefficient (Wildman–Crippen LogP) is 1.64. The van der Waals surface area contributed by atoms with E-state index in [1.807, 2.05) is 0 Å². The van der Waals surface area contributed by atoms with E-state index in [1.54, 1.807) is 57.3 Å². The molecule has 0 fully saturated rings. The third-order valence-electron chi connectivity index (χ3n) is 5.81. The number of esters is 1. The number of ether oxygens (including phenoxy) is 2. The average Bonchev–Trinajstić information content (AvgIpc) is 2.96. The number of carbonyl (C=O) groups excluding carboxylic acids is 2. The van der Waals surface area contributed by atoms with E-state index in [9.17, 15) is 14.4 Å². The molecule has 0 saturated carbocycles. The second-order valence-corrected chi connectivity index (χ2v) is 7.42. The number of rotatable bonds is 4. The second kappa shape index (κ2) is 7.16. The van der Waals surface area contributed by atoms with Crippen LogP contribution in [0.5, 0.6) is 5.75 Å². The Morgan fingerprint density at radius 2 is 2.03 bits per heavy atom. The predicted molar refractivity (Wildman–Crippen MR) is 115 cm³/mol. The van der Waals surface area contributed by atoms with Crippen molar-refractivity contribution in [1.82, 2.24) is 4.57 Å². The van der Waals surface area contributed by atoms with Gasteiger partial charge in [0.05, 0.1) is 12.2 Å². The third kappa shape index (κ3) is 2.57. The summed E-state index contributed by atoms with van der Waals surface area (Å²) in [6.07, 6.45) is 1.58. The molecule has 0 aliphatic carbocycles. The number of anilines is 1. The lowest BCUT2D eigenvalue weighted by Gasteiger charge is -2.35. The van der Waals surface area contributed by atoms with Crippen molar-refractivity contribution in [2.45, 2.75) is 19.3 Å². The fourth-order valence-electron chi connectivity index (χ4n) is 4.40. The monoisotopic (exact) mass is 421 g/mol. The summed E-state index contributed by atoms with van der Waals surface area (Å²) in [5.74, 6) is -1.40. The Hall–Kier alpha value is -3.81. The van der Waals surface area contributed by atoms with E-state index in [-0.39, 0.29) is 35.9 Å². The van der Waals surface area contributed by atoms with Gasteiger partial charge in [-0.05, 0) is 19.9 Å². The maximum atomic E-state index is 14.1. The molecule has 160 valence electrons. The molecule has 1 aromatic heterocycles. The van der Waals surface area contributed by atoms with Crippen molar-refractivity contribution >= 4 is 17.6 Å². The standard InChI is InChI=1S/C23H23N3O5/c1-5-11-26-15-10-8-7-9-14(15)23(22(26)29)17-16(12-13(3)25(4)20(17)27)31-19(24)18(23)21(28)30-6-2/h5,7-10,12H,1,6,11,24H2,2-4H3. The first-order valence-electron chi connectivity index (χ1n) is 9.89. The van der Waals surface area contributed by atoms with Crippen LogP contribution in [0.3, 0.4) is 0 Å². The highest BCUT2D eigenvalue weighted by Crippen LogP contribution is 2.54. The number of amides is 1. The van der Waals surface area contributed by atoms with Gasteiger partial charge in [-0.25, -0.2) is 4.79 Å². The lowest BCUT2D eigenvalue weighted by atomic mass is 9.68. The van der Waals surface area contributed by atoms with Crippen LogP contribution in [-0.4, -0.2) is 29.6 Å². The van der Waals surface area contributed by atoms with E-state index in [4.69, 9.17) is 15.2 Å². The number of aryl methyl sites for hydroxylation is 1. The summed E-state index contributed by atoms with van der Waals surface area (Å²) in [7, 11) is 1.60. The Bertz CT molecular complexity index is 1230. The van der Waals surface area contributed by atoms with Crippen LogP contribution in [0, 0.1) is 6.92 Å². The van der Waals surface area contributed by atoms with Crippen molar-refractivity contribution in [2.75, 3.05) is 18.1 Å². The van der Waals surface area contributed by atoms with E-state index in [2.05, 4.69) is 6.58 Å². The molecule has 8 heteroatoms. The number of pyridine rings is 1. The van der Waals surface area contributed by atoms with Crippen molar-refractivity contribution in [1.29, 1.82) is 0 Å². The van der Waals surface area contributed by atoms with E-state index < -0.39 is 22.9 Å². The number of benzene rings is 1. The molecule has 8 nitrogen and oxygen atoms in total. The molecular formula is C23H23N3O5. The maximum absolute atomic E-state index is 14.1. The summed E-state index contributed by atoms with van der Waals surface area (Å²) in [6, 6.07) is 8.65. The number of nitrogens with two attached hydrogens (primary N) is 1. The molecular weight excluding hydrogens is 398 g/mol. The van der Waals surface area contributed by atoms with Gasteiger partial charge < -0.3 is 24.7 Å². The number of fused-ring (bicyclic) bond motifs is 4. The summed E-state index contributed by atoms with van der Waals surface area (Å²) in [5, 5.41) is 0. The molecule has 0 saturated heterocycles. The highest BCUT2D eigenvalue weighted by atomic mass is 16.5. The molecule has 0 bridgehead atoms. The lowest BCUT2D eigenvalue weighted by Crippen LogP contribution is -2.52. The van der Waals surface area contributed by atoms with E-state index >= 15 is 0 Å². The average molecular weight is 421 g/mol. The zero-order chi connectivity index (χ0) is 22.5. The van der Waals surface area contributed by atoms with Gasteiger partial charge in [-0.3, -0.25) is 9.59 Å². The van der Waals surface area contributed by atoms with Crippen LogP contribution in [0.1, 0.15) is 23.7 Å². The van der Waals surface area contributed by atoms with Crippen LogP contribution in [0.4, 0.5) is 5.69 Å². The quantitative estimate of drug-likeness (QED) is 0.595. The highest BCUT2D eigenvalue weighted by molar-refractivity contribution is 6.18. The Kier molecular flexibility index (Phi) is 4.72. The Balaban J connectivity index is 2.20. The van der Waals surface area contributed by atoms with E-state index in [0.717, 1.165) is 0 Å². The molecule has 1 atom stereocenters. The lowest BCUT2D eigenvalue weighted by molar-refractivity contribution is -0.140. The fraction of sp³-hybridized carbons (Fsp3) is 0.261. The highest BCUT2D eigenvalue weighted by Gasteiger charge is 2.62. The van der Waals surface area contributed by atoms with Gasteiger partial charge in [0.15, 0.2) is 0 Å². The van der Waals surface area contributed by atoms with Crippen LogP contribution in [-0.2, 0) is 26.8 Å². The minimum atomic E-state index is -1.79. The minimum Gasteiger partial charge on any atom is -0.462 e. The van der Waals surface area contributed by atoms with Crippen molar-refractivity contribution in [3.63, 3.8) is 0 Å². The second-order valence-electron chi connectivity index (χ2n) is 7.42. The Labute approximate surface area is 179 Å². The van der Waals surface area contributed by atoms with Gasteiger partial charge in [0, 0.05) is 36.6 Å². The van der Waals surface area contributed by atoms with Crippen molar-refractivity contribution in [3.8, 4) is 5.75 Å². The molecule has 2 N–H and O–H groups in total. The van der Waals surface area contributed by atoms with Gasteiger partial charge in [-0.15, -0.1) is 6.58 Å². The number of carbonyl (C=O) groups is 2. The molecule has 2 aliphatic rings. The van der Waals surface area contributed by atoms with Crippen molar-refractivity contribution < 1.29 is 19.1 Å². The zero-order valence-corrected chi connectivity index (χ0v) is 17.6. The van der Waals surface area contributed by atoms with Gasteiger partial charge in [0.1, 0.15) is 16.7 Å². The number of hydrogen-bond acceptors (Lipinski definition) is 6. The molecule has 2 aromatic rings. The normalized spacial score (nSPS) is 19.2. The fourth-order valence-corrected chi connectivity index (χ4v) is 4.40. The molecule has 1 amide bonds. The van der Waals surface area contributed by atoms with Crippen LogP contribution < -0.4 is 20.9 Å². The largest absolute Gasteiger partial charge is 0.462 e. The first-order chi connectivity index (χ1) is 14.8. The number of nitrogens with zero attached hydrogens (tertiary/aromatic N) is 2. The van der Waals surface area contributed by atoms with Gasteiger partial charge in [-0.1, -0.05) is 24.3 Å². The van der Waals surface area contributed by atoms with Gasteiger partial charge in [0.25, 0.3) is 5.56 Å². The summed E-state index contributed by atoms with van der Waals surface area (Å²) < 4.78 is 12.4. The first kappa shape index (κ1) is 20.5. The molecule has 2 aliphatic heterocycles. The number of para-hydroxylation sites is 1. The van der Waals surface area contributed by atoms with Crippen LogP contribution in [0.15, 0.2) is 59.2 Å². The first-order valence-corrected chi connectivity index (χ1v) is 9.89. The smallest absolute Gasteiger partial charge is 0.341 e. The van der Waals surface area contributed by atoms with Gasteiger partial charge in [0.2, 0.25) is 11.8 Å².